The highest BCUT2D eigenvalue weighted by Crippen LogP contribution is 2.24. The molecule has 14 heavy (non-hydrogen) atoms. The van der Waals surface area contributed by atoms with Crippen molar-refractivity contribution in [2.75, 3.05) is 6.54 Å². The summed E-state index contributed by atoms with van der Waals surface area (Å²) < 4.78 is 0. The van der Waals surface area contributed by atoms with Crippen molar-refractivity contribution in [3.63, 3.8) is 0 Å². The van der Waals surface area contributed by atoms with Gasteiger partial charge in [0.2, 0.25) is 0 Å². The number of aryl methyl sites for hydroxylation is 1. The quantitative estimate of drug-likeness (QED) is 0.835. The molecule has 0 radical (unpaired) electrons. The van der Waals surface area contributed by atoms with Crippen molar-refractivity contribution >= 4 is 17.2 Å². The average Bonchev–Trinajstić information content (AvgIpc) is 2.48. The van der Waals surface area contributed by atoms with Crippen LogP contribution in [0.25, 0.3) is 0 Å². The van der Waals surface area contributed by atoms with Crippen LogP contribution in [0.15, 0.2) is 0 Å². The molecular formula is C10H16N2OS. The van der Waals surface area contributed by atoms with Crippen LogP contribution in [0.5, 0.6) is 0 Å². The first-order valence-electron chi connectivity index (χ1n) is 4.81. The van der Waals surface area contributed by atoms with E-state index in [0.717, 1.165) is 15.6 Å². The molecule has 4 heteroatoms. The maximum absolute atomic E-state index is 11.6. The lowest BCUT2D eigenvalue weighted by molar-refractivity contribution is 0.0958. The molecule has 0 fully saturated rings. The normalized spacial score (nSPS) is 10.6. The highest BCUT2D eigenvalue weighted by molar-refractivity contribution is 7.13. The lowest BCUT2D eigenvalue weighted by Crippen LogP contribution is -2.23. The van der Waals surface area contributed by atoms with Gasteiger partial charge in [0.1, 0.15) is 4.88 Å². The molecule has 3 nitrogen and oxygen atoms in total. The van der Waals surface area contributed by atoms with E-state index in [9.17, 15) is 4.79 Å². The molecule has 0 unspecified atom stereocenters. The minimum Gasteiger partial charge on any atom is -0.352 e. The van der Waals surface area contributed by atoms with E-state index in [0.29, 0.717) is 12.5 Å². The van der Waals surface area contributed by atoms with Crippen LogP contribution >= 0.6 is 11.3 Å². The molecule has 0 saturated carbocycles. The number of hydrogen-bond acceptors (Lipinski definition) is 3. The molecule has 0 aromatic carbocycles. The Morgan fingerprint density at radius 1 is 1.57 bits per heavy atom. The Kier molecular flexibility index (Phi) is 3.63. The third kappa shape index (κ3) is 2.32. The molecule has 1 heterocycles. The minimum atomic E-state index is 0.00167. The second-order valence-corrected chi connectivity index (χ2v) is 4.66. The van der Waals surface area contributed by atoms with Gasteiger partial charge in [-0.05, 0) is 19.8 Å². The van der Waals surface area contributed by atoms with Crippen molar-refractivity contribution in [3.05, 3.63) is 15.6 Å². The molecule has 0 saturated heterocycles. The number of nitrogens with zero attached hydrogens (tertiary/aromatic N) is 1. The zero-order valence-corrected chi connectivity index (χ0v) is 9.86. The number of amides is 1. The largest absolute Gasteiger partial charge is 0.352 e. The van der Waals surface area contributed by atoms with Crippen LogP contribution in [-0.4, -0.2) is 17.4 Å². The van der Waals surface area contributed by atoms with Crippen LogP contribution in [-0.2, 0) is 0 Å². The van der Waals surface area contributed by atoms with Gasteiger partial charge in [0.15, 0.2) is 0 Å². The van der Waals surface area contributed by atoms with Gasteiger partial charge in [-0.3, -0.25) is 4.79 Å². The Hall–Kier alpha value is -0.900. The summed E-state index contributed by atoms with van der Waals surface area (Å²) >= 11 is 1.47. The van der Waals surface area contributed by atoms with Gasteiger partial charge in [-0.25, -0.2) is 4.98 Å². The third-order valence-electron chi connectivity index (χ3n) is 1.85. The summed E-state index contributed by atoms with van der Waals surface area (Å²) in [4.78, 5) is 16.8. The lowest BCUT2D eigenvalue weighted by atomic mass is 10.1. The monoisotopic (exact) mass is 212 g/mol. The Balaban J connectivity index is 3.00. The summed E-state index contributed by atoms with van der Waals surface area (Å²) in [6.45, 7) is 8.61. The van der Waals surface area contributed by atoms with E-state index in [2.05, 4.69) is 24.1 Å². The van der Waals surface area contributed by atoms with Gasteiger partial charge < -0.3 is 5.32 Å². The zero-order valence-electron chi connectivity index (χ0n) is 9.05. The van der Waals surface area contributed by atoms with Gasteiger partial charge in [0.25, 0.3) is 5.91 Å². The predicted octanol–water partition coefficient (Wildman–Crippen LogP) is 2.32. The molecular weight excluding hydrogens is 196 g/mol. The van der Waals surface area contributed by atoms with Crippen molar-refractivity contribution in [1.82, 2.24) is 10.3 Å². The lowest BCUT2D eigenvalue weighted by Gasteiger charge is -2.04. The Morgan fingerprint density at radius 2 is 2.21 bits per heavy atom. The number of carbonyl (C=O) groups is 1. The van der Waals surface area contributed by atoms with Gasteiger partial charge >= 0.3 is 0 Å². The Bertz CT molecular complexity index is 331. The maximum Gasteiger partial charge on any atom is 0.263 e. The topological polar surface area (TPSA) is 42.0 Å². The van der Waals surface area contributed by atoms with Gasteiger partial charge in [-0.2, -0.15) is 0 Å². The molecule has 1 N–H and O–H groups in total. The third-order valence-corrected chi connectivity index (χ3v) is 2.84. The van der Waals surface area contributed by atoms with Crippen LogP contribution in [0.3, 0.4) is 0 Å². The molecule has 0 aliphatic heterocycles. The van der Waals surface area contributed by atoms with E-state index in [1.165, 1.54) is 11.3 Å². The fourth-order valence-corrected chi connectivity index (χ4v) is 2.23. The van der Waals surface area contributed by atoms with E-state index in [1.807, 2.05) is 13.8 Å². The molecule has 1 rings (SSSR count). The first-order valence-corrected chi connectivity index (χ1v) is 5.63. The first kappa shape index (κ1) is 11.2. The number of aromatic nitrogens is 1. The first-order chi connectivity index (χ1) is 6.56. The fraction of sp³-hybridized carbons (Fsp3) is 0.600. The molecule has 1 aromatic heterocycles. The Morgan fingerprint density at radius 3 is 2.71 bits per heavy atom. The minimum absolute atomic E-state index is 0.00167. The SMILES string of the molecule is CCNC(=O)c1sc(C)nc1C(C)C. The zero-order chi connectivity index (χ0) is 10.7. The number of rotatable bonds is 3. The number of carbonyl (C=O) groups excluding carboxylic acids is 1. The van der Waals surface area contributed by atoms with Crippen LogP contribution in [0.4, 0.5) is 0 Å². The van der Waals surface area contributed by atoms with Gasteiger partial charge in [-0.1, -0.05) is 13.8 Å². The molecule has 1 aromatic rings. The molecule has 0 spiro atoms. The van der Waals surface area contributed by atoms with Crippen LogP contribution in [0.1, 0.15) is 47.1 Å². The molecule has 1 amide bonds. The predicted molar refractivity (Wildman–Crippen MR) is 58.9 cm³/mol. The number of thiazole rings is 1. The Labute approximate surface area is 88.6 Å². The second-order valence-electron chi connectivity index (χ2n) is 3.46. The summed E-state index contributed by atoms with van der Waals surface area (Å²) in [5.41, 5.74) is 0.915. The highest BCUT2D eigenvalue weighted by atomic mass is 32.1. The molecule has 0 atom stereocenters. The van der Waals surface area contributed by atoms with Crippen LogP contribution in [0.2, 0.25) is 0 Å². The molecule has 0 bridgehead atoms. The van der Waals surface area contributed by atoms with Crippen molar-refractivity contribution in [1.29, 1.82) is 0 Å². The van der Waals surface area contributed by atoms with E-state index in [4.69, 9.17) is 0 Å². The van der Waals surface area contributed by atoms with Crippen LogP contribution in [0, 0.1) is 6.92 Å². The van der Waals surface area contributed by atoms with Gasteiger partial charge in [-0.15, -0.1) is 11.3 Å². The van der Waals surface area contributed by atoms with E-state index >= 15 is 0 Å². The highest BCUT2D eigenvalue weighted by Gasteiger charge is 2.17. The van der Waals surface area contributed by atoms with E-state index < -0.39 is 0 Å². The smallest absolute Gasteiger partial charge is 0.263 e. The van der Waals surface area contributed by atoms with E-state index in [-0.39, 0.29) is 5.91 Å². The van der Waals surface area contributed by atoms with Crippen molar-refractivity contribution < 1.29 is 4.79 Å². The molecule has 0 aliphatic carbocycles. The summed E-state index contributed by atoms with van der Waals surface area (Å²) in [5.74, 6) is 0.305. The van der Waals surface area contributed by atoms with E-state index in [1.54, 1.807) is 0 Å². The maximum atomic E-state index is 11.6. The standard InChI is InChI=1S/C10H16N2OS/c1-5-11-10(13)9-8(6(2)3)12-7(4)14-9/h6H,5H2,1-4H3,(H,11,13). The summed E-state index contributed by atoms with van der Waals surface area (Å²) in [7, 11) is 0. The summed E-state index contributed by atoms with van der Waals surface area (Å²) in [6, 6.07) is 0. The van der Waals surface area contributed by atoms with Crippen molar-refractivity contribution in [2.24, 2.45) is 0 Å². The van der Waals surface area contributed by atoms with Gasteiger partial charge in [0, 0.05) is 6.54 Å². The summed E-state index contributed by atoms with van der Waals surface area (Å²) in [6.07, 6.45) is 0. The van der Waals surface area contributed by atoms with Gasteiger partial charge in [0.05, 0.1) is 10.7 Å². The summed E-state index contributed by atoms with van der Waals surface area (Å²) in [5, 5.41) is 3.76. The number of hydrogen-bond donors (Lipinski definition) is 1. The second kappa shape index (κ2) is 4.55. The molecule has 78 valence electrons. The number of nitrogens with one attached hydrogen (secondary N) is 1. The fourth-order valence-electron chi connectivity index (χ4n) is 1.24. The van der Waals surface area contributed by atoms with Crippen molar-refractivity contribution in [2.45, 2.75) is 33.6 Å². The average molecular weight is 212 g/mol. The molecule has 0 aliphatic rings. The van der Waals surface area contributed by atoms with Crippen LogP contribution < -0.4 is 5.32 Å². The van der Waals surface area contributed by atoms with Crippen molar-refractivity contribution in [3.8, 4) is 0 Å².